The summed E-state index contributed by atoms with van der Waals surface area (Å²) in [6.45, 7) is 1.66. The van der Waals surface area contributed by atoms with Crippen LogP contribution in [0.3, 0.4) is 0 Å². The Balaban J connectivity index is 3.22. The molecule has 1 aromatic rings. The molecule has 1 N–H and O–H groups in total. The molecule has 0 amide bonds. The summed E-state index contributed by atoms with van der Waals surface area (Å²) < 4.78 is 25.3. The van der Waals surface area contributed by atoms with Gasteiger partial charge in [0.2, 0.25) is 0 Å². The SMILES string of the molecule is CCC(C#N)S(=O)c1cc(C(=O)O)ccc1F. The molecule has 1 rings (SSSR count). The third kappa shape index (κ3) is 2.88. The zero-order chi connectivity index (χ0) is 13.0. The van der Waals surface area contributed by atoms with E-state index in [2.05, 4.69) is 0 Å². The fourth-order valence-electron chi connectivity index (χ4n) is 1.23. The van der Waals surface area contributed by atoms with Crippen LogP contribution in [0.4, 0.5) is 4.39 Å². The zero-order valence-corrected chi connectivity index (χ0v) is 9.83. The summed E-state index contributed by atoms with van der Waals surface area (Å²) in [5.41, 5.74) is -0.150. The molecular weight excluding hydrogens is 245 g/mol. The highest BCUT2D eigenvalue weighted by atomic mass is 32.2. The molecule has 0 aromatic heterocycles. The molecule has 0 heterocycles. The van der Waals surface area contributed by atoms with Crippen LogP contribution in [-0.2, 0) is 10.8 Å². The van der Waals surface area contributed by atoms with Gasteiger partial charge in [0.1, 0.15) is 11.1 Å². The smallest absolute Gasteiger partial charge is 0.335 e. The fraction of sp³-hybridized carbons (Fsp3) is 0.273. The minimum absolute atomic E-state index is 0.150. The molecule has 6 heteroatoms. The predicted octanol–water partition coefficient (Wildman–Crippen LogP) is 1.93. The third-order valence-electron chi connectivity index (χ3n) is 2.17. The molecule has 0 fully saturated rings. The van der Waals surface area contributed by atoms with Gasteiger partial charge in [-0.25, -0.2) is 9.18 Å². The Morgan fingerprint density at radius 2 is 2.29 bits per heavy atom. The van der Waals surface area contributed by atoms with Crippen LogP contribution in [0.1, 0.15) is 23.7 Å². The van der Waals surface area contributed by atoms with Crippen LogP contribution in [0.2, 0.25) is 0 Å². The van der Waals surface area contributed by atoms with Crippen molar-refractivity contribution in [3.8, 4) is 6.07 Å². The van der Waals surface area contributed by atoms with Crippen molar-refractivity contribution in [3.05, 3.63) is 29.6 Å². The molecule has 2 atom stereocenters. The standard InChI is InChI=1S/C11H10FNO3S/c1-2-8(6-13)17(16)10-5-7(11(14)15)3-4-9(10)12/h3-5,8H,2H2,1H3,(H,14,15). The van der Waals surface area contributed by atoms with Gasteiger partial charge < -0.3 is 5.11 Å². The molecule has 0 bridgehead atoms. The topological polar surface area (TPSA) is 78.2 Å². The van der Waals surface area contributed by atoms with E-state index in [4.69, 9.17) is 10.4 Å². The second-order valence-electron chi connectivity index (χ2n) is 3.27. The summed E-state index contributed by atoms with van der Waals surface area (Å²) in [5.74, 6) is -1.99. The second kappa shape index (κ2) is 5.55. The largest absolute Gasteiger partial charge is 0.478 e. The van der Waals surface area contributed by atoms with Gasteiger partial charge >= 0.3 is 5.97 Å². The van der Waals surface area contributed by atoms with Crippen molar-refractivity contribution in [2.75, 3.05) is 0 Å². The van der Waals surface area contributed by atoms with Gasteiger partial charge in [-0.2, -0.15) is 5.26 Å². The summed E-state index contributed by atoms with van der Waals surface area (Å²) in [7, 11) is -1.86. The Labute approximate surface area is 100 Å². The number of carboxylic acid groups (broad SMARTS) is 1. The fourth-order valence-corrected chi connectivity index (χ4v) is 2.44. The van der Waals surface area contributed by atoms with E-state index in [1.165, 1.54) is 0 Å². The first-order chi connectivity index (χ1) is 8.01. The van der Waals surface area contributed by atoms with Crippen LogP contribution in [0.15, 0.2) is 23.1 Å². The summed E-state index contributed by atoms with van der Waals surface area (Å²) >= 11 is 0. The number of benzene rings is 1. The molecule has 0 aliphatic rings. The van der Waals surface area contributed by atoms with E-state index in [-0.39, 0.29) is 10.5 Å². The number of carboxylic acids is 1. The highest BCUT2D eigenvalue weighted by Crippen LogP contribution is 2.19. The van der Waals surface area contributed by atoms with E-state index in [1.54, 1.807) is 6.92 Å². The summed E-state index contributed by atoms with van der Waals surface area (Å²) in [6.07, 6.45) is 0.305. The molecule has 0 aliphatic heterocycles. The number of halogens is 1. The van der Waals surface area contributed by atoms with E-state index >= 15 is 0 Å². The maximum Gasteiger partial charge on any atom is 0.335 e. The highest BCUT2D eigenvalue weighted by Gasteiger charge is 2.20. The molecule has 0 saturated heterocycles. The average molecular weight is 255 g/mol. The number of nitriles is 1. The number of hydrogen-bond acceptors (Lipinski definition) is 3. The quantitative estimate of drug-likeness (QED) is 0.891. The Bertz CT molecular complexity index is 510. The van der Waals surface area contributed by atoms with Crippen molar-refractivity contribution in [2.24, 2.45) is 0 Å². The monoisotopic (exact) mass is 255 g/mol. The van der Waals surface area contributed by atoms with E-state index < -0.39 is 27.8 Å². The van der Waals surface area contributed by atoms with E-state index in [9.17, 15) is 13.4 Å². The molecule has 0 aliphatic carbocycles. The molecular formula is C11H10FNO3S. The van der Waals surface area contributed by atoms with Gasteiger partial charge in [-0.05, 0) is 24.6 Å². The van der Waals surface area contributed by atoms with Crippen LogP contribution >= 0.6 is 0 Å². The van der Waals surface area contributed by atoms with Crippen molar-refractivity contribution in [1.29, 1.82) is 5.26 Å². The Morgan fingerprint density at radius 1 is 1.65 bits per heavy atom. The van der Waals surface area contributed by atoms with Gasteiger partial charge in [0, 0.05) is 0 Å². The lowest BCUT2D eigenvalue weighted by molar-refractivity contribution is 0.0696. The van der Waals surface area contributed by atoms with Gasteiger partial charge in [0.25, 0.3) is 0 Å². The lowest BCUT2D eigenvalue weighted by Crippen LogP contribution is -2.13. The molecule has 2 unspecified atom stereocenters. The molecule has 0 spiro atoms. The lowest BCUT2D eigenvalue weighted by atomic mass is 10.2. The summed E-state index contributed by atoms with van der Waals surface area (Å²) in [6, 6.07) is 4.85. The van der Waals surface area contributed by atoms with Gasteiger partial charge in [-0.15, -0.1) is 0 Å². The van der Waals surface area contributed by atoms with E-state index in [1.807, 2.05) is 6.07 Å². The van der Waals surface area contributed by atoms with Crippen molar-refractivity contribution in [3.63, 3.8) is 0 Å². The van der Waals surface area contributed by atoms with Crippen molar-refractivity contribution >= 4 is 16.8 Å². The van der Waals surface area contributed by atoms with Crippen LogP contribution in [0.5, 0.6) is 0 Å². The Morgan fingerprint density at radius 3 is 2.76 bits per heavy atom. The normalized spacial score (nSPS) is 13.7. The highest BCUT2D eigenvalue weighted by molar-refractivity contribution is 7.86. The molecule has 4 nitrogen and oxygen atoms in total. The van der Waals surface area contributed by atoms with Crippen LogP contribution in [0.25, 0.3) is 0 Å². The average Bonchev–Trinajstić information content (AvgIpc) is 2.30. The number of carbonyl (C=O) groups is 1. The van der Waals surface area contributed by atoms with Crippen molar-refractivity contribution < 1.29 is 18.5 Å². The van der Waals surface area contributed by atoms with Crippen LogP contribution < -0.4 is 0 Å². The minimum Gasteiger partial charge on any atom is -0.478 e. The van der Waals surface area contributed by atoms with Gasteiger partial charge in [-0.3, -0.25) is 4.21 Å². The second-order valence-corrected chi connectivity index (χ2v) is 4.88. The molecule has 17 heavy (non-hydrogen) atoms. The number of nitrogens with zero attached hydrogens (tertiary/aromatic N) is 1. The van der Waals surface area contributed by atoms with Crippen molar-refractivity contribution in [2.45, 2.75) is 23.5 Å². The Hall–Kier alpha value is -1.74. The maximum atomic E-state index is 13.4. The first-order valence-corrected chi connectivity index (χ1v) is 6.05. The summed E-state index contributed by atoms with van der Waals surface area (Å²) in [5, 5.41) is 16.7. The molecule has 1 aromatic carbocycles. The van der Waals surface area contributed by atoms with E-state index in [0.29, 0.717) is 6.42 Å². The van der Waals surface area contributed by atoms with Crippen LogP contribution in [0, 0.1) is 17.1 Å². The van der Waals surface area contributed by atoms with Crippen molar-refractivity contribution in [1.82, 2.24) is 0 Å². The minimum atomic E-state index is -1.86. The van der Waals surface area contributed by atoms with Gasteiger partial charge in [-0.1, -0.05) is 6.92 Å². The zero-order valence-electron chi connectivity index (χ0n) is 9.01. The first-order valence-electron chi connectivity index (χ1n) is 4.84. The maximum absolute atomic E-state index is 13.4. The number of aromatic carboxylic acids is 1. The van der Waals surface area contributed by atoms with Crippen LogP contribution in [-0.4, -0.2) is 20.5 Å². The molecule has 0 saturated carbocycles. The molecule has 90 valence electrons. The molecule has 0 radical (unpaired) electrons. The Kier molecular flexibility index (Phi) is 4.35. The van der Waals surface area contributed by atoms with E-state index in [0.717, 1.165) is 18.2 Å². The number of rotatable bonds is 4. The summed E-state index contributed by atoms with van der Waals surface area (Å²) in [4.78, 5) is 10.5. The number of hydrogen-bond donors (Lipinski definition) is 1. The lowest BCUT2D eigenvalue weighted by Gasteiger charge is -2.08. The first kappa shape index (κ1) is 13.3. The van der Waals surface area contributed by atoms with Gasteiger partial charge in [0.15, 0.2) is 0 Å². The predicted molar refractivity (Wildman–Crippen MR) is 59.5 cm³/mol. The third-order valence-corrected chi connectivity index (χ3v) is 3.87. The van der Waals surface area contributed by atoms with Gasteiger partial charge in [0.05, 0.1) is 27.3 Å².